The normalized spacial score (nSPS) is 11.0. The van der Waals surface area contributed by atoms with Crippen LogP contribution in [-0.2, 0) is 0 Å². The second kappa shape index (κ2) is 3.52. The number of hydrogen-bond acceptors (Lipinski definition) is 2. The Balaban J connectivity index is 2.76. The zero-order valence-corrected chi connectivity index (χ0v) is 9.82. The molecule has 0 radical (unpaired) electrons. The van der Waals surface area contributed by atoms with E-state index in [1.54, 1.807) is 23.1 Å². The van der Waals surface area contributed by atoms with Gasteiger partial charge in [0.1, 0.15) is 0 Å². The Labute approximate surface area is 90.9 Å². The molecular weight excluding hydrogens is 220 g/mol. The molecule has 0 amide bonds. The van der Waals surface area contributed by atoms with Crippen LogP contribution in [-0.4, -0.2) is 6.26 Å². The highest BCUT2D eigenvalue weighted by molar-refractivity contribution is 8.00. The van der Waals surface area contributed by atoms with Gasteiger partial charge >= 0.3 is 0 Å². The first-order valence-electron chi connectivity index (χ1n) is 3.95. The molecule has 0 aliphatic heterocycles. The Morgan fingerprint density at radius 2 is 2.15 bits per heavy atom. The molecule has 0 bridgehead atoms. The van der Waals surface area contributed by atoms with Crippen LogP contribution < -0.4 is 0 Å². The van der Waals surface area contributed by atoms with Crippen molar-refractivity contribution in [3.63, 3.8) is 0 Å². The molecule has 0 unspecified atom stereocenters. The predicted octanol–water partition coefficient (Wildman–Crippen LogP) is 4.59. The third kappa shape index (κ3) is 1.58. The van der Waals surface area contributed by atoms with E-state index in [0.29, 0.717) is 0 Å². The molecule has 1 aromatic heterocycles. The van der Waals surface area contributed by atoms with E-state index < -0.39 is 0 Å². The van der Waals surface area contributed by atoms with Crippen LogP contribution in [0.25, 0.3) is 10.1 Å². The average Bonchev–Trinajstić information content (AvgIpc) is 2.42. The van der Waals surface area contributed by atoms with Gasteiger partial charge in [-0.05, 0) is 24.8 Å². The van der Waals surface area contributed by atoms with Crippen LogP contribution >= 0.6 is 34.7 Å². The van der Waals surface area contributed by atoms with E-state index in [1.807, 2.05) is 0 Å². The van der Waals surface area contributed by atoms with Crippen molar-refractivity contribution in [2.24, 2.45) is 0 Å². The second-order valence-corrected chi connectivity index (χ2v) is 5.41. The summed E-state index contributed by atoms with van der Waals surface area (Å²) >= 11 is 9.68. The minimum atomic E-state index is 0.910. The number of hydrogen-bond donors (Lipinski definition) is 0. The van der Waals surface area contributed by atoms with Gasteiger partial charge in [-0.25, -0.2) is 0 Å². The molecule has 0 aliphatic rings. The summed E-state index contributed by atoms with van der Waals surface area (Å²) in [5.41, 5.74) is 1.29. The molecule has 0 saturated heterocycles. The quantitative estimate of drug-likeness (QED) is 0.644. The van der Waals surface area contributed by atoms with Gasteiger partial charge in [-0.15, -0.1) is 23.1 Å². The van der Waals surface area contributed by atoms with E-state index in [4.69, 9.17) is 11.6 Å². The SMILES string of the molecule is CSc1sc2cc(C)ccc2c1Cl. The van der Waals surface area contributed by atoms with Gasteiger partial charge in [0.15, 0.2) is 0 Å². The standard InChI is InChI=1S/C10H9ClS2/c1-6-3-4-7-8(5-6)13-10(12-2)9(7)11/h3-5H,1-2H3. The van der Waals surface area contributed by atoms with Crippen LogP contribution in [0.2, 0.25) is 5.02 Å². The molecular formula is C10H9ClS2. The number of fused-ring (bicyclic) bond motifs is 1. The number of rotatable bonds is 1. The van der Waals surface area contributed by atoms with Crippen molar-refractivity contribution >= 4 is 44.8 Å². The topological polar surface area (TPSA) is 0 Å². The van der Waals surface area contributed by atoms with Crippen molar-refractivity contribution in [1.29, 1.82) is 0 Å². The Bertz CT molecular complexity index is 445. The summed E-state index contributed by atoms with van der Waals surface area (Å²) in [6.07, 6.45) is 2.06. The van der Waals surface area contributed by atoms with E-state index in [9.17, 15) is 0 Å². The number of halogens is 1. The molecule has 2 aromatic rings. The molecule has 68 valence electrons. The number of thiophene rings is 1. The zero-order chi connectivity index (χ0) is 9.42. The molecule has 0 nitrogen and oxygen atoms in total. The van der Waals surface area contributed by atoms with Gasteiger partial charge < -0.3 is 0 Å². The molecule has 0 spiro atoms. The molecule has 1 heterocycles. The minimum Gasteiger partial charge on any atom is -0.127 e. The maximum absolute atomic E-state index is 6.20. The van der Waals surface area contributed by atoms with Crippen LogP contribution in [0.4, 0.5) is 0 Å². The van der Waals surface area contributed by atoms with Crippen molar-refractivity contribution in [2.75, 3.05) is 6.26 Å². The maximum Gasteiger partial charge on any atom is 0.0795 e. The van der Waals surface area contributed by atoms with Gasteiger partial charge in [-0.3, -0.25) is 0 Å². The summed E-state index contributed by atoms with van der Waals surface area (Å²) in [4.78, 5) is 0. The van der Waals surface area contributed by atoms with E-state index in [1.165, 1.54) is 19.9 Å². The molecule has 13 heavy (non-hydrogen) atoms. The maximum atomic E-state index is 6.20. The molecule has 0 atom stereocenters. The van der Waals surface area contributed by atoms with Gasteiger partial charge in [-0.1, -0.05) is 23.7 Å². The largest absolute Gasteiger partial charge is 0.127 e. The summed E-state index contributed by atoms with van der Waals surface area (Å²) in [6.45, 7) is 2.10. The number of benzene rings is 1. The van der Waals surface area contributed by atoms with E-state index in [0.717, 1.165) is 5.02 Å². The van der Waals surface area contributed by atoms with E-state index in [2.05, 4.69) is 31.4 Å². The highest BCUT2D eigenvalue weighted by Crippen LogP contribution is 2.40. The summed E-state index contributed by atoms with van der Waals surface area (Å²) in [7, 11) is 0. The van der Waals surface area contributed by atoms with Crippen LogP contribution in [0.5, 0.6) is 0 Å². The smallest absolute Gasteiger partial charge is 0.0795 e. The van der Waals surface area contributed by atoms with Crippen molar-refractivity contribution in [1.82, 2.24) is 0 Å². The third-order valence-corrected chi connectivity index (χ3v) is 4.83. The molecule has 1 aromatic carbocycles. The highest BCUT2D eigenvalue weighted by Gasteiger charge is 2.08. The molecule has 2 rings (SSSR count). The fraction of sp³-hybridized carbons (Fsp3) is 0.200. The Morgan fingerprint density at radius 1 is 1.38 bits per heavy atom. The van der Waals surface area contributed by atoms with E-state index >= 15 is 0 Å². The van der Waals surface area contributed by atoms with Crippen LogP contribution in [0, 0.1) is 6.92 Å². The van der Waals surface area contributed by atoms with Gasteiger partial charge in [0.25, 0.3) is 0 Å². The first kappa shape index (κ1) is 9.38. The monoisotopic (exact) mass is 228 g/mol. The predicted molar refractivity (Wildman–Crippen MR) is 63.4 cm³/mol. The van der Waals surface area contributed by atoms with E-state index in [-0.39, 0.29) is 0 Å². The lowest BCUT2D eigenvalue weighted by Crippen LogP contribution is -1.68. The van der Waals surface area contributed by atoms with Crippen LogP contribution in [0.3, 0.4) is 0 Å². The third-order valence-electron chi connectivity index (χ3n) is 1.94. The van der Waals surface area contributed by atoms with Gasteiger partial charge in [0.05, 0.1) is 9.23 Å². The lowest BCUT2D eigenvalue weighted by atomic mass is 10.2. The molecule has 0 saturated carbocycles. The molecule has 0 fully saturated rings. The Morgan fingerprint density at radius 3 is 2.85 bits per heavy atom. The number of thioether (sulfide) groups is 1. The Kier molecular flexibility index (Phi) is 2.54. The van der Waals surface area contributed by atoms with Crippen molar-refractivity contribution in [3.8, 4) is 0 Å². The lowest BCUT2D eigenvalue weighted by Gasteiger charge is -1.91. The average molecular weight is 229 g/mol. The van der Waals surface area contributed by atoms with Crippen molar-refractivity contribution < 1.29 is 0 Å². The summed E-state index contributed by atoms with van der Waals surface area (Å²) in [5, 5.41) is 2.09. The first-order chi connectivity index (χ1) is 6.22. The molecule has 0 aliphatic carbocycles. The van der Waals surface area contributed by atoms with Crippen LogP contribution in [0.1, 0.15) is 5.56 Å². The molecule has 0 N–H and O–H groups in total. The highest BCUT2D eigenvalue weighted by atomic mass is 35.5. The summed E-state index contributed by atoms with van der Waals surface area (Å²) < 4.78 is 2.50. The molecule has 3 heteroatoms. The lowest BCUT2D eigenvalue weighted by molar-refractivity contribution is 1.52. The van der Waals surface area contributed by atoms with Crippen molar-refractivity contribution in [2.45, 2.75) is 11.1 Å². The second-order valence-electron chi connectivity index (χ2n) is 2.91. The minimum absolute atomic E-state index is 0.910. The van der Waals surface area contributed by atoms with Gasteiger partial charge in [-0.2, -0.15) is 0 Å². The fourth-order valence-electron chi connectivity index (χ4n) is 1.28. The first-order valence-corrected chi connectivity index (χ1v) is 6.37. The van der Waals surface area contributed by atoms with Crippen LogP contribution in [0.15, 0.2) is 22.4 Å². The number of aryl methyl sites for hydroxylation is 1. The van der Waals surface area contributed by atoms with Gasteiger partial charge in [0.2, 0.25) is 0 Å². The zero-order valence-electron chi connectivity index (χ0n) is 7.43. The van der Waals surface area contributed by atoms with Gasteiger partial charge in [0, 0.05) is 10.1 Å². The van der Waals surface area contributed by atoms with Crippen molar-refractivity contribution in [3.05, 3.63) is 28.8 Å². The fourth-order valence-corrected chi connectivity index (χ4v) is 3.67. The Hall–Kier alpha value is -0.180. The summed E-state index contributed by atoms with van der Waals surface area (Å²) in [6, 6.07) is 6.39. The summed E-state index contributed by atoms with van der Waals surface area (Å²) in [5.74, 6) is 0.